The normalized spacial score (nSPS) is 38.0. The number of carbonyl (C=O) groups excluding carboxylic acids is 2. The molecule has 4 nitrogen and oxygen atoms in total. The minimum absolute atomic E-state index is 0.0418. The Hall–Kier alpha value is -1.06. The number of hydrogen-bond acceptors (Lipinski definition) is 2. The standard InChI is InChI=1S/C16H26N2O2/c1-11-7-9-18(14-5-3-2-4-13(11)14)16(20)12-6-8-17-15(19)10-12/h11-14H,2-10H2,1H3,(H,17,19)/t11-,12-,13-,14+/m1/s1. The lowest BCUT2D eigenvalue weighted by Crippen LogP contribution is -2.55. The lowest BCUT2D eigenvalue weighted by Gasteiger charge is -2.48. The second-order valence-electron chi connectivity index (χ2n) is 6.85. The summed E-state index contributed by atoms with van der Waals surface area (Å²) >= 11 is 0. The van der Waals surface area contributed by atoms with Gasteiger partial charge in [0, 0.05) is 31.5 Å². The Morgan fingerprint density at radius 2 is 2.00 bits per heavy atom. The van der Waals surface area contributed by atoms with Crippen molar-refractivity contribution in [1.82, 2.24) is 10.2 Å². The highest BCUT2D eigenvalue weighted by Crippen LogP contribution is 2.39. The van der Waals surface area contributed by atoms with Crippen molar-refractivity contribution in [2.24, 2.45) is 17.8 Å². The zero-order chi connectivity index (χ0) is 14.1. The summed E-state index contributed by atoms with van der Waals surface area (Å²) in [4.78, 5) is 26.5. The number of carbonyl (C=O) groups is 2. The Morgan fingerprint density at radius 1 is 1.20 bits per heavy atom. The molecule has 3 rings (SSSR count). The van der Waals surface area contributed by atoms with Gasteiger partial charge in [-0.25, -0.2) is 0 Å². The second kappa shape index (κ2) is 5.74. The van der Waals surface area contributed by atoms with Gasteiger partial charge in [-0.05, 0) is 37.5 Å². The molecule has 0 aromatic rings. The first-order chi connectivity index (χ1) is 9.66. The van der Waals surface area contributed by atoms with Crippen LogP contribution >= 0.6 is 0 Å². The molecule has 0 unspecified atom stereocenters. The summed E-state index contributed by atoms with van der Waals surface area (Å²) in [5.41, 5.74) is 0. The van der Waals surface area contributed by atoms with Crippen molar-refractivity contribution in [2.45, 2.75) is 57.9 Å². The van der Waals surface area contributed by atoms with Crippen LogP contribution < -0.4 is 5.32 Å². The topological polar surface area (TPSA) is 49.4 Å². The zero-order valence-electron chi connectivity index (χ0n) is 12.4. The first-order valence-electron chi connectivity index (χ1n) is 8.24. The quantitative estimate of drug-likeness (QED) is 0.797. The lowest BCUT2D eigenvalue weighted by atomic mass is 9.72. The smallest absolute Gasteiger partial charge is 0.226 e. The van der Waals surface area contributed by atoms with Crippen molar-refractivity contribution in [1.29, 1.82) is 0 Å². The molecule has 0 bridgehead atoms. The number of fused-ring (bicyclic) bond motifs is 1. The van der Waals surface area contributed by atoms with E-state index in [0.29, 0.717) is 24.9 Å². The first kappa shape index (κ1) is 13.9. The summed E-state index contributed by atoms with van der Waals surface area (Å²) in [6, 6.07) is 0.449. The number of nitrogens with one attached hydrogen (secondary N) is 1. The van der Waals surface area contributed by atoms with Gasteiger partial charge < -0.3 is 10.2 Å². The zero-order valence-corrected chi connectivity index (χ0v) is 12.4. The van der Waals surface area contributed by atoms with E-state index in [1.54, 1.807) is 0 Å². The molecular formula is C16H26N2O2. The largest absolute Gasteiger partial charge is 0.356 e. The molecule has 2 saturated heterocycles. The van der Waals surface area contributed by atoms with E-state index in [4.69, 9.17) is 0 Å². The van der Waals surface area contributed by atoms with E-state index in [9.17, 15) is 9.59 Å². The van der Waals surface area contributed by atoms with Crippen LogP contribution in [0.2, 0.25) is 0 Å². The van der Waals surface area contributed by atoms with Crippen LogP contribution in [0.5, 0.6) is 0 Å². The fourth-order valence-electron chi connectivity index (χ4n) is 4.42. The monoisotopic (exact) mass is 278 g/mol. The van der Waals surface area contributed by atoms with Crippen LogP contribution in [0, 0.1) is 17.8 Å². The molecule has 3 fully saturated rings. The van der Waals surface area contributed by atoms with Crippen molar-refractivity contribution in [3.05, 3.63) is 0 Å². The minimum Gasteiger partial charge on any atom is -0.356 e. The molecule has 0 radical (unpaired) electrons. The summed E-state index contributed by atoms with van der Waals surface area (Å²) in [5, 5.41) is 2.82. The lowest BCUT2D eigenvalue weighted by molar-refractivity contribution is -0.146. The summed E-state index contributed by atoms with van der Waals surface area (Å²) in [6.45, 7) is 3.91. The summed E-state index contributed by atoms with van der Waals surface area (Å²) in [7, 11) is 0. The SMILES string of the molecule is C[C@@H]1CCN(C(=O)[C@@H]2CCNC(=O)C2)[C@H]2CCCC[C@H]12. The molecule has 4 heteroatoms. The van der Waals surface area contributed by atoms with E-state index >= 15 is 0 Å². The predicted octanol–water partition coefficient (Wildman–Crippen LogP) is 1.94. The number of likely N-dealkylation sites (tertiary alicyclic amines) is 1. The molecule has 1 aliphatic carbocycles. The third kappa shape index (κ3) is 2.57. The molecule has 1 N–H and O–H groups in total. The Bertz CT molecular complexity index is 396. The third-order valence-corrected chi connectivity index (χ3v) is 5.62. The number of hydrogen-bond donors (Lipinski definition) is 1. The molecule has 2 aliphatic heterocycles. The van der Waals surface area contributed by atoms with E-state index < -0.39 is 0 Å². The van der Waals surface area contributed by atoms with Crippen LogP contribution in [-0.4, -0.2) is 35.8 Å². The van der Waals surface area contributed by atoms with Crippen molar-refractivity contribution < 1.29 is 9.59 Å². The van der Waals surface area contributed by atoms with E-state index in [-0.39, 0.29) is 17.7 Å². The Kier molecular flexibility index (Phi) is 3.99. The Labute approximate surface area is 121 Å². The fourth-order valence-corrected chi connectivity index (χ4v) is 4.42. The van der Waals surface area contributed by atoms with Gasteiger partial charge in [0.1, 0.15) is 0 Å². The molecule has 2 amide bonds. The molecule has 3 aliphatic rings. The molecule has 20 heavy (non-hydrogen) atoms. The highest BCUT2D eigenvalue weighted by Gasteiger charge is 2.41. The molecule has 4 atom stereocenters. The highest BCUT2D eigenvalue weighted by atomic mass is 16.2. The van der Waals surface area contributed by atoms with E-state index in [0.717, 1.165) is 25.3 Å². The van der Waals surface area contributed by atoms with Gasteiger partial charge in [-0.15, -0.1) is 0 Å². The molecule has 1 saturated carbocycles. The van der Waals surface area contributed by atoms with E-state index in [2.05, 4.69) is 17.1 Å². The number of amides is 2. The fraction of sp³-hybridized carbons (Fsp3) is 0.875. The van der Waals surface area contributed by atoms with E-state index in [1.807, 2.05) is 0 Å². The maximum absolute atomic E-state index is 12.8. The second-order valence-corrected chi connectivity index (χ2v) is 6.85. The molecule has 112 valence electrons. The molecule has 0 spiro atoms. The number of nitrogens with zero attached hydrogens (tertiary/aromatic N) is 1. The van der Waals surface area contributed by atoms with Crippen LogP contribution in [-0.2, 0) is 9.59 Å². The molecule has 2 heterocycles. The number of piperidine rings is 2. The predicted molar refractivity (Wildman–Crippen MR) is 77.0 cm³/mol. The van der Waals surface area contributed by atoms with Crippen LogP contribution in [0.25, 0.3) is 0 Å². The van der Waals surface area contributed by atoms with Gasteiger partial charge in [0.25, 0.3) is 0 Å². The van der Waals surface area contributed by atoms with Gasteiger partial charge in [0.15, 0.2) is 0 Å². The van der Waals surface area contributed by atoms with Crippen LogP contribution in [0.15, 0.2) is 0 Å². The van der Waals surface area contributed by atoms with Gasteiger partial charge in [0.05, 0.1) is 0 Å². The van der Waals surface area contributed by atoms with Crippen molar-refractivity contribution in [2.75, 3.05) is 13.1 Å². The van der Waals surface area contributed by atoms with Gasteiger partial charge in [-0.3, -0.25) is 9.59 Å². The van der Waals surface area contributed by atoms with Crippen molar-refractivity contribution in [3.63, 3.8) is 0 Å². The summed E-state index contributed by atoms with van der Waals surface area (Å²) in [6.07, 6.45) is 7.35. The van der Waals surface area contributed by atoms with Gasteiger partial charge in [-0.1, -0.05) is 19.8 Å². The van der Waals surface area contributed by atoms with Gasteiger partial charge in [0.2, 0.25) is 11.8 Å². The third-order valence-electron chi connectivity index (χ3n) is 5.62. The number of rotatable bonds is 1. The Balaban J connectivity index is 1.71. The van der Waals surface area contributed by atoms with Crippen LogP contribution in [0.1, 0.15) is 51.9 Å². The average molecular weight is 278 g/mol. The van der Waals surface area contributed by atoms with E-state index in [1.165, 1.54) is 25.7 Å². The first-order valence-corrected chi connectivity index (χ1v) is 8.24. The maximum Gasteiger partial charge on any atom is 0.226 e. The highest BCUT2D eigenvalue weighted by molar-refractivity contribution is 5.87. The molecule has 0 aromatic carbocycles. The van der Waals surface area contributed by atoms with Crippen LogP contribution in [0.4, 0.5) is 0 Å². The van der Waals surface area contributed by atoms with Gasteiger partial charge in [-0.2, -0.15) is 0 Å². The summed E-state index contributed by atoms with van der Waals surface area (Å²) in [5.74, 6) is 1.67. The van der Waals surface area contributed by atoms with Crippen LogP contribution in [0.3, 0.4) is 0 Å². The molecule has 0 aromatic heterocycles. The Morgan fingerprint density at radius 3 is 2.80 bits per heavy atom. The van der Waals surface area contributed by atoms with Crippen molar-refractivity contribution in [3.8, 4) is 0 Å². The average Bonchev–Trinajstić information content (AvgIpc) is 2.47. The van der Waals surface area contributed by atoms with Crippen molar-refractivity contribution >= 4 is 11.8 Å². The maximum atomic E-state index is 12.8. The minimum atomic E-state index is -0.0697. The molecular weight excluding hydrogens is 252 g/mol. The van der Waals surface area contributed by atoms with Gasteiger partial charge >= 0.3 is 0 Å². The summed E-state index contributed by atoms with van der Waals surface area (Å²) < 4.78 is 0.